The number of anilines is 2. The van der Waals surface area contributed by atoms with Crippen molar-refractivity contribution < 1.29 is 0 Å². The van der Waals surface area contributed by atoms with Gasteiger partial charge in [0.1, 0.15) is 22.2 Å². The zero-order valence-corrected chi connectivity index (χ0v) is 15.3. The third kappa shape index (κ3) is 2.84. The molecule has 132 valence electrons. The number of nitrogens with two attached hydrogens (primary N) is 1. The van der Waals surface area contributed by atoms with Crippen LogP contribution in [0.25, 0.3) is 11.2 Å². The Kier molecular flexibility index (Phi) is 3.84. The molecule has 26 heavy (non-hydrogen) atoms. The molecular weight excluding hydrogens is 370 g/mol. The predicted octanol–water partition coefficient (Wildman–Crippen LogP) is 2.36. The zero-order valence-electron chi connectivity index (χ0n) is 13.8. The van der Waals surface area contributed by atoms with E-state index in [4.69, 9.17) is 22.3 Å². The van der Waals surface area contributed by atoms with Gasteiger partial charge in [0.05, 0.1) is 11.2 Å². The summed E-state index contributed by atoms with van der Waals surface area (Å²) in [7, 11) is 0. The SMILES string of the molecule is Nc1nccc(Sc2ccc3nc(N4CC5CC(C4)N5)cnc3n2)c1Cl. The van der Waals surface area contributed by atoms with Crippen LogP contribution in [-0.4, -0.2) is 45.1 Å². The Labute approximate surface area is 159 Å². The minimum atomic E-state index is 0.316. The topological polar surface area (TPSA) is 92.8 Å². The molecule has 0 aliphatic carbocycles. The van der Waals surface area contributed by atoms with Crippen molar-refractivity contribution in [2.75, 3.05) is 23.7 Å². The molecule has 0 saturated carbocycles. The fourth-order valence-corrected chi connectivity index (χ4v) is 4.46. The molecule has 2 atom stereocenters. The third-order valence-electron chi connectivity index (χ3n) is 4.71. The number of fused-ring (bicyclic) bond motifs is 3. The van der Waals surface area contributed by atoms with Crippen LogP contribution in [0, 0.1) is 0 Å². The van der Waals surface area contributed by atoms with Gasteiger partial charge in [-0.05, 0) is 24.6 Å². The minimum absolute atomic E-state index is 0.316. The first-order valence-corrected chi connectivity index (χ1v) is 9.58. The molecule has 7 nitrogen and oxygen atoms in total. The number of piperazine rings is 1. The highest BCUT2D eigenvalue weighted by molar-refractivity contribution is 7.99. The lowest BCUT2D eigenvalue weighted by atomic mass is 9.91. The number of nitrogens with one attached hydrogen (secondary N) is 1. The van der Waals surface area contributed by atoms with Gasteiger partial charge in [-0.3, -0.25) is 0 Å². The Morgan fingerprint density at radius 1 is 1.15 bits per heavy atom. The van der Waals surface area contributed by atoms with Crippen molar-refractivity contribution in [2.45, 2.75) is 28.4 Å². The molecule has 6 rings (SSSR count). The fourth-order valence-electron chi connectivity index (χ4n) is 3.42. The van der Waals surface area contributed by atoms with Crippen LogP contribution in [0.3, 0.4) is 0 Å². The Morgan fingerprint density at radius 3 is 2.77 bits per heavy atom. The van der Waals surface area contributed by atoms with Crippen LogP contribution in [0.15, 0.2) is 40.5 Å². The third-order valence-corrected chi connectivity index (χ3v) is 6.21. The van der Waals surface area contributed by atoms with Gasteiger partial charge >= 0.3 is 0 Å². The molecule has 2 unspecified atom stereocenters. The maximum Gasteiger partial charge on any atom is 0.179 e. The van der Waals surface area contributed by atoms with Crippen LogP contribution in [-0.2, 0) is 0 Å². The number of aromatic nitrogens is 4. The van der Waals surface area contributed by atoms with E-state index < -0.39 is 0 Å². The number of nitrogen functional groups attached to an aromatic ring is 1. The number of rotatable bonds is 3. The van der Waals surface area contributed by atoms with Gasteiger partial charge in [0, 0.05) is 36.3 Å². The van der Waals surface area contributed by atoms with E-state index in [1.807, 2.05) is 24.4 Å². The monoisotopic (exact) mass is 385 g/mol. The molecule has 3 aromatic heterocycles. The van der Waals surface area contributed by atoms with Gasteiger partial charge in [-0.2, -0.15) is 0 Å². The molecule has 0 spiro atoms. The molecule has 9 heteroatoms. The standard InChI is InChI=1S/C17H16ClN7S/c18-15-12(3-4-20-16(15)19)26-14-2-1-11-17(24-14)21-6-13(23-11)25-7-9-5-10(8-25)22-9/h1-4,6,9-10,22H,5,7-8H2,(H2,19,20). The van der Waals surface area contributed by atoms with Gasteiger partial charge < -0.3 is 16.0 Å². The van der Waals surface area contributed by atoms with Gasteiger partial charge in [-0.25, -0.2) is 19.9 Å². The normalized spacial score (nSPS) is 21.7. The minimum Gasteiger partial charge on any atom is -0.382 e. The van der Waals surface area contributed by atoms with Gasteiger partial charge in [0.25, 0.3) is 0 Å². The van der Waals surface area contributed by atoms with E-state index in [9.17, 15) is 0 Å². The maximum absolute atomic E-state index is 6.21. The molecule has 3 aromatic rings. The van der Waals surface area contributed by atoms with E-state index in [1.165, 1.54) is 18.2 Å². The summed E-state index contributed by atoms with van der Waals surface area (Å²) in [6.45, 7) is 1.97. The highest BCUT2D eigenvalue weighted by atomic mass is 35.5. The number of halogens is 1. The first kappa shape index (κ1) is 16.0. The molecule has 3 N–H and O–H groups in total. The first-order valence-electron chi connectivity index (χ1n) is 8.38. The lowest BCUT2D eigenvalue weighted by Crippen LogP contribution is -2.67. The van der Waals surface area contributed by atoms with Crippen molar-refractivity contribution >= 4 is 46.2 Å². The van der Waals surface area contributed by atoms with Gasteiger partial charge in [-0.15, -0.1) is 0 Å². The lowest BCUT2D eigenvalue weighted by molar-refractivity contribution is 0.225. The summed E-state index contributed by atoms with van der Waals surface area (Å²) >= 11 is 7.64. The Balaban J connectivity index is 1.41. The molecule has 3 saturated heterocycles. The number of pyridine rings is 2. The van der Waals surface area contributed by atoms with Crippen LogP contribution in [0.5, 0.6) is 0 Å². The van der Waals surface area contributed by atoms with E-state index in [2.05, 4.69) is 25.2 Å². The van der Waals surface area contributed by atoms with E-state index >= 15 is 0 Å². The van der Waals surface area contributed by atoms with E-state index in [-0.39, 0.29) is 0 Å². The zero-order chi connectivity index (χ0) is 17.7. The van der Waals surface area contributed by atoms with Crippen molar-refractivity contribution in [3.05, 3.63) is 35.6 Å². The van der Waals surface area contributed by atoms with Crippen molar-refractivity contribution in [1.29, 1.82) is 0 Å². The molecule has 3 fully saturated rings. The fraction of sp³-hybridized carbons (Fsp3) is 0.294. The van der Waals surface area contributed by atoms with E-state index in [0.29, 0.717) is 28.6 Å². The molecule has 0 radical (unpaired) electrons. The number of hydrogen-bond donors (Lipinski definition) is 2. The Hall–Kier alpha value is -2.16. The summed E-state index contributed by atoms with van der Waals surface area (Å²) in [4.78, 5) is 20.9. The second kappa shape index (κ2) is 6.22. The summed E-state index contributed by atoms with van der Waals surface area (Å²) in [5, 5.41) is 4.76. The van der Waals surface area contributed by atoms with Crippen LogP contribution in [0.1, 0.15) is 6.42 Å². The second-order valence-electron chi connectivity index (χ2n) is 6.53. The second-order valence-corrected chi connectivity index (χ2v) is 7.97. The number of hydrogen-bond acceptors (Lipinski definition) is 8. The predicted molar refractivity (Wildman–Crippen MR) is 103 cm³/mol. The van der Waals surface area contributed by atoms with Gasteiger partial charge in [0.2, 0.25) is 0 Å². The summed E-state index contributed by atoms with van der Waals surface area (Å²) < 4.78 is 0. The lowest BCUT2D eigenvalue weighted by Gasteiger charge is -2.48. The maximum atomic E-state index is 6.21. The Morgan fingerprint density at radius 2 is 1.96 bits per heavy atom. The molecular formula is C17H16ClN7S. The van der Waals surface area contributed by atoms with E-state index in [1.54, 1.807) is 6.20 Å². The van der Waals surface area contributed by atoms with Crippen LogP contribution in [0.2, 0.25) is 5.02 Å². The highest BCUT2D eigenvalue weighted by Gasteiger charge is 2.36. The average molecular weight is 386 g/mol. The molecule has 0 aromatic carbocycles. The van der Waals surface area contributed by atoms with Crippen molar-refractivity contribution in [3.63, 3.8) is 0 Å². The first-order chi connectivity index (χ1) is 12.7. The summed E-state index contributed by atoms with van der Waals surface area (Å²) in [6.07, 6.45) is 4.71. The number of piperidine rings is 1. The molecule has 3 aliphatic rings. The molecule has 6 heterocycles. The molecule has 2 bridgehead atoms. The highest BCUT2D eigenvalue weighted by Crippen LogP contribution is 2.35. The van der Waals surface area contributed by atoms with Crippen LogP contribution >= 0.6 is 23.4 Å². The van der Waals surface area contributed by atoms with Crippen molar-refractivity contribution in [2.24, 2.45) is 0 Å². The largest absolute Gasteiger partial charge is 0.382 e. The molecule has 3 aliphatic heterocycles. The van der Waals surface area contributed by atoms with E-state index in [0.717, 1.165) is 34.3 Å². The smallest absolute Gasteiger partial charge is 0.179 e. The summed E-state index contributed by atoms with van der Waals surface area (Å²) in [5.74, 6) is 1.23. The quantitative estimate of drug-likeness (QED) is 0.709. The van der Waals surface area contributed by atoms with Crippen molar-refractivity contribution in [3.8, 4) is 0 Å². The molecule has 0 amide bonds. The Bertz CT molecular complexity index is 982. The summed E-state index contributed by atoms with van der Waals surface area (Å²) in [5.41, 5.74) is 7.17. The van der Waals surface area contributed by atoms with Crippen LogP contribution < -0.4 is 16.0 Å². The van der Waals surface area contributed by atoms with Crippen molar-refractivity contribution in [1.82, 2.24) is 25.3 Å². The number of nitrogens with zero attached hydrogens (tertiary/aromatic N) is 5. The van der Waals surface area contributed by atoms with Gasteiger partial charge in [0.15, 0.2) is 5.65 Å². The van der Waals surface area contributed by atoms with Crippen LogP contribution in [0.4, 0.5) is 11.6 Å². The average Bonchev–Trinajstić information content (AvgIpc) is 2.64. The summed E-state index contributed by atoms with van der Waals surface area (Å²) in [6, 6.07) is 6.86. The van der Waals surface area contributed by atoms with Gasteiger partial charge in [-0.1, -0.05) is 23.4 Å².